The van der Waals surface area contributed by atoms with Gasteiger partial charge < -0.3 is 66.0 Å². The summed E-state index contributed by atoms with van der Waals surface area (Å²) in [5.41, 5.74) is 0. The van der Waals surface area contributed by atoms with Gasteiger partial charge in [0.05, 0.1) is 45.4 Å². The quantitative estimate of drug-likeness (QED) is 0.0232. The third-order valence-corrected chi connectivity index (χ3v) is 8.43. The molecule has 0 rings (SSSR count). The molecule has 0 radical (unpaired) electrons. The van der Waals surface area contributed by atoms with E-state index in [4.69, 9.17) is 47.3 Å². The minimum Gasteiger partial charge on any atom is -0.481 e. The third-order valence-electron chi connectivity index (χ3n) is 7.40. The third kappa shape index (κ3) is 31.6. The molecule has 0 saturated carbocycles. The van der Waals surface area contributed by atoms with Crippen LogP contribution in [-0.4, -0.2) is 196 Å². The molecule has 0 aliphatic heterocycles. The first-order chi connectivity index (χ1) is 28.2. The zero-order valence-corrected chi connectivity index (χ0v) is 35.4. The normalized spacial score (nSPS) is 11.7. The molecule has 0 saturated heterocycles. The zero-order valence-electron chi connectivity index (χ0n) is 33.0. The molecule has 0 aromatic rings. The molecule has 0 heterocycles. The van der Waals surface area contributed by atoms with Crippen molar-refractivity contribution < 1.29 is 72.3 Å². The first-order valence-corrected chi connectivity index (χ1v) is 21.0. The van der Waals surface area contributed by atoms with E-state index in [1.165, 1.54) is 16.7 Å². The maximum Gasteiger partial charge on any atom is 0.326 e. The van der Waals surface area contributed by atoms with Crippen LogP contribution in [0.1, 0.15) is 32.1 Å². The van der Waals surface area contributed by atoms with E-state index >= 15 is 0 Å². The van der Waals surface area contributed by atoms with Gasteiger partial charge in [-0.05, 0) is 25.5 Å². The lowest BCUT2D eigenvalue weighted by Gasteiger charge is -2.28. The van der Waals surface area contributed by atoms with Crippen LogP contribution in [0.25, 0.3) is 0 Å². The highest BCUT2D eigenvalue weighted by molar-refractivity contribution is 7.99. The molecule has 0 aliphatic carbocycles. The molecule has 0 bridgehead atoms. The van der Waals surface area contributed by atoms with E-state index in [2.05, 4.69) is 31.9 Å². The first kappa shape index (κ1) is 55.0. The molecule has 0 aromatic heterocycles. The Morgan fingerprint density at radius 3 is 1.53 bits per heavy atom. The molecule has 59 heavy (non-hydrogen) atoms. The number of nitrogens with zero attached hydrogens (tertiary/aromatic N) is 1. The fraction of sp³-hybridized carbons (Fsp3) is 0.735. The van der Waals surface area contributed by atoms with Gasteiger partial charge in [-0.25, -0.2) is 4.79 Å². The van der Waals surface area contributed by atoms with Gasteiger partial charge in [0.2, 0.25) is 41.4 Å². The van der Waals surface area contributed by atoms with Crippen LogP contribution in [0.2, 0.25) is 0 Å². The van der Waals surface area contributed by atoms with Gasteiger partial charge in [-0.2, -0.15) is 11.8 Å². The predicted molar refractivity (Wildman–Crippen MR) is 214 cm³/mol. The summed E-state index contributed by atoms with van der Waals surface area (Å²) >= 11 is 12.4. The number of carboxylic acid groups (broad SMARTS) is 2. The summed E-state index contributed by atoms with van der Waals surface area (Å²) in [4.78, 5) is 109. The topological polar surface area (TPSA) is 306 Å². The van der Waals surface area contributed by atoms with Gasteiger partial charge in [-0.3, -0.25) is 38.4 Å². The summed E-state index contributed by atoms with van der Waals surface area (Å²) in [6.45, 7) is 0.0879. The van der Waals surface area contributed by atoms with Crippen LogP contribution < -0.4 is 31.9 Å². The first-order valence-electron chi connectivity index (χ1n) is 18.5. The van der Waals surface area contributed by atoms with Crippen LogP contribution in [0.5, 0.6) is 0 Å². The van der Waals surface area contributed by atoms with Crippen molar-refractivity contribution in [1.82, 2.24) is 36.8 Å². The SMILES string of the molecule is CSCC(=O)NCCOCCOCC(=O)NC(CCC(=O)NCCOCCOCC(=O)N[C@H](CCCC(=O)O)C(=O)N(CCNC(=O)CCl)CCNC(=O)CCl)C(=O)O. The second kappa shape index (κ2) is 35.9. The number of hydrogen-bond donors (Lipinski definition) is 8. The highest BCUT2D eigenvalue weighted by Crippen LogP contribution is 2.07. The zero-order chi connectivity index (χ0) is 44.3. The number of rotatable bonds is 37. The lowest BCUT2D eigenvalue weighted by molar-refractivity contribution is -0.143. The van der Waals surface area contributed by atoms with E-state index < -0.39 is 72.7 Å². The highest BCUT2D eigenvalue weighted by atomic mass is 35.5. The average Bonchev–Trinajstić information content (AvgIpc) is 3.19. The van der Waals surface area contributed by atoms with Crippen LogP contribution in [0.4, 0.5) is 0 Å². The van der Waals surface area contributed by atoms with Crippen molar-refractivity contribution in [3.8, 4) is 0 Å². The monoisotopic (exact) mass is 905 g/mol. The van der Waals surface area contributed by atoms with Crippen LogP contribution in [0.15, 0.2) is 0 Å². The largest absolute Gasteiger partial charge is 0.481 e. The summed E-state index contributed by atoms with van der Waals surface area (Å²) in [5, 5.41) is 33.6. The van der Waals surface area contributed by atoms with E-state index in [0.717, 1.165) is 0 Å². The van der Waals surface area contributed by atoms with Gasteiger partial charge in [-0.15, -0.1) is 23.2 Å². The van der Waals surface area contributed by atoms with Gasteiger partial charge in [0.15, 0.2) is 0 Å². The molecule has 2 atom stereocenters. The Hall–Kier alpha value is -4.00. The van der Waals surface area contributed by atoms with Crippen molar-refractivity contribution in [1.29, 1.82) is 0 Å². The second-order valence-electron chi connectivity index (χ2n) is 12.2. The van der Waals surface area contributed by atoms with E-state index in [1.54, 1.807) is 0 Å². The number of alkyl halides is 2. The molecule has 0 spiro atoms. The van der Waals surface area contributed by atoms with Crippen molar-refractivity contribution in [3.63, 3.8) is 0 Å². The predicted octanol–water partition coefficient (Wildman–Crippen LogP) is -2.72. The minimum absolute atomic E-state index is 0.00298. The van der Waals surface area contributed by atoms with Crippen molar-refractivity contribution >= 4 is 88.3 Å². The highest BCUT2D eigenvalue weighted by Gasteiger charge is 2.26. The van der Waals surface area contributed by atoms with Crippen molar-refractivity contribution in [3.05, 3.63) is 0 Å². The maximum atomic E-state index is 13.5. The molecule has 0 aromatic carbocycles. The number of aliphatic carboxylic acids is 2. The molecule has 7 amide bonds. The Labute approximate surface area is 356 Å². The number of hydrogen-bond acceptors (Lipinski definition) is 14. The van der Waals surface area contributed by atoms with Crippen LogP contribution in [0.3, 0.4) is 0 Å². The fourth-order valence-corrected chi connectivity index (χ4v) is 5.15. The van der Waals surface area contributed by atoms with E-state index in [1.807, 2.05) is 6.26 Å². The molecule has 1 unspecified atom stereocenters. The molecule has 0 fully saturated rings. The number of halogens is 2. The van der Waals surface area contributed by atoms with Crippen LogP contribution in [-0.2, 0) is 62.1 Å². The van der Waals surface area contributed by atoms with Crippen molar-refractivity contribution in [2.45, 2.75) is 44.2 Å². The standard InChI is InChI=1S/C34H57Cl2N7O15S/c1-59-23-31(49)40-10-14-56-16-18-58-22-30(48)42-25(34(53)54)5-6-26(44)39-9-13-55-15-17-57-21-29(47)41-24(3-2-4-32(50)51)33(52)43(11-7-37-27(45)19-35)12-8-38-28(46)20-36/h24-25H,2-23H2,1H3,(H,37,45)(H,38,46)(H,39,44)(H,40,49)(H,41,47)(H,42,48)(H,50,51)(H,53,54)/t24-,25?/m1/s1. The summed E-state index contributed by atoms with van der Waals surface area (Å²) < 4.78 is 21.1. The lowest BCUT2D eigenvalue weighted by atomic mass is 10.1. The Balaban J connectivity index is 4.55. The van der Waals surface area contributed by atoms with Gasteiger partial charge >= 0.3 is 11.9 Å². The Kier molecular flexibility index (Phi) is 33.5. The molecular formula is C34H57Cl2N7O15S. The maximum absolute atomic E-state index is 13.5. The molecule has 8 N–H and O–H groups in total. The molecule has 338 valence electrons. The van der Waals surface area contributed by atoms with E-state index in [-0.39, 0.29) is 122 Å². The molecular weight excluding hydrogens is 849 g/mol. The summed E-state index contributed by atoms with van der Waals surface area (Å²) in [6.07, 6.45) is 1.20. The second-order valence-corrected chi connectivity index (χ2v) is 13.6. The number of carboxylic acids is 2. The van der Waals surface area contributed by atoms with Crippen molar-refractivity contribution in [2.24, 2.45) is 0 Å². The smallest absolute Gasteiger partial charge is 0.326 e. The number of carbonyl (C=O) groups excluding carboxylic acids is 7. The Bertz CT molecular complexity index is 1300. The molecule has 22 nitrogen and oxygen atoms in total. The lowest BCUT2D eigenvalue weighted by Crippen LogP contribution is -2.52. The summed E-state index contributed by atoms with van der Waals surface area (Å²) in [7, 11) is 0. The number of thioether (sulfide) groups is 1. The van der Waals surface area contributed by atoms with Crippen LogP contribution >= 0.6 is 35.0 Å². The number of carbonyl (C=O) groups is 9. The molecule has 0 aliphatic rings. The Morgan fingerprint density at radius 1 is 0.576 bits per heavy atom. The summed E-state index contributed by atoms with van der Waals surface area (Å²) in [5.74, 6) is -6.12. The fourth-order valence-electron chi connectivity index (χ4n) is 4.59. The molecule has 25 heteroatoms. The van der Waals surface area contributed by atoms with E-state index in [0.29, 0.717) is 12.3 Å². The van der Waals surface area contributed by atoms with Gasteiger partial charge in [0, 0.05) is 52.1 Å². The number of ether oxygens (including phenoxy) is 4. The Morgan fingerprint density at radius 2 is 1.05 bits per heavy atom. The average molecular weight is 907 g/mol. The van der Waals surface area contributed by atoms with Gasteiger partial charge in [-0.1, -0.05) is 0 Å². The van der Waals surface area contributed by atoms with E-state index in [9.17, 15) is 48.3 Å². The van der Waals surface area contributed by atoms with Gasteiger partial charge in [0.1, 0.15) is 37.1 Å². The van der Waals surface area contributed by atoms with Gasteiger partial charge in [0.25, 0.3) is 0 Å². The van der Waals surface area contributed by atoms with Crippen molar-refractivity contribution in [2.75, 3.05) is 116 Å². The minimum atomic E-state index is -1.33. The summed E-state index contributed by atoms with van der Waals surface area (Å²) in [6, 6.07) is -2.47. The number of nitrogens with one attached hydrogen (secondary N) is 6. The van der Waals surface area contributed by atoms with Crippen LogP contribution in [0, 0.1) is 0 Å². The number of amides is 7.